The molecule has 0 aliphatic rings. The van der Waals surface area contributed by atoms with E-state index in [9.17, 15) is 4.79 Å². The van der Waals surface area contributed by atoms with Crippen LogP contribution in [0.25, 0.3) is 0 Å². The van der Waals surface area contributed by atoms with Crippen molar-refractivity contribution in [2.24, 2.45) is 15.9 Å². The van der Waals surface area contributed by atoms with Crippen molar-refractivity contribution in [2.75, 3.05) is 0 Å². The normalized spacial score (nSPS) is 12.6. The number of amidine groups is 1. The predicted molar refractivity (Wildman–Crippen MR) is 65.6 cm³/mol. The van der Waals surface area contributed by atoms with Gasteiger partial charge in [0.15, 0.2) is 5.84 Å². The fourth-order valence-electron chi connectivity index (χ4n) is 1.20. The zero-order valence-corrected chi connectivity index (χ0v) is 9.47. The minimum Gasteiger partial charge on any atom is -0.382 e. The molecule has 4 heteroatoms. The number of benzene rings is 1. The van der Waals surface area contributed by atoms with Crippen molar-refractivity contribution in [1.29, 1.82) is 0 Å². The molecule has 0 fully saturated rings. The molecule has 0 aliphatic heterocycles. The van der Waals surface area contributed by atoms with E-state index >= 15 is 0 Å². The van der Waals surface area contributed by atoms with Crippen molar-refractivity contribution in [1.82, 2.24) is 0 Å². The molecule has 0 saturated carbocycles. The molecule has 1 aromatic carbocycles. The van der Waals surface area contributed by atoms with Crippen LogP contribution in [-0.2, 0) is 4.79 Å². The number of carbonyl (C=O) groups excluding carboxylic acids is 1. The summed E-state index contributed by atoms with van der Waals surface area (Å²) < 4.78 is 0. The van der Waals surface area contributed by atoms with E-state index in [1.165, 1.54) is 6.92 Å². The van der Waals surface area contributed by atoms with E-state index in [0.717, 1.165) is 5.56 Å². The second-order valence-corrected chi connectivity index (χ2v) is 3.57. The zero-order valence-electron chi connectivity index (χ0n) is 9.47. The van der Waals surface area contributed by atoms with E-state index in [1.54, 1.807) is 6.92 Å². The Morgan fingerprint density at radius 3 is 2.38 bits per heavy atom. The first kappa shape index (κ1) is 12.1. The van der Waals surface area contributed by atoms with Gasteiger partial charge in [-0.1, -0.05) is 30.3 Å². The SMILES string of the molecule is CC(=O)C/C(C)=N\N=C(/N)c1ccccc1. The van der Waals surface area contributed by atoms with Crippen molar-refractivity contribution in [3.05, 3.63) is 35.9 Å². The molecule has 0 aromatic heterocycles. The van der Waals surface area contributed by atoms with Gasteiger partial charge in [-0.05, 0) is 13.8 Å². The van der Waals surface area contributed by atoms with E-state index in [4.69, 9.17) is 5.73 Å². The van der Waals surface area contributed by atoms with E-state index in [0.29, 0.717) is 18.0 Å². The van der Waals surface area contributed by atoms with E-state index in [-0.39, 0.29) is 5.78 Å². The van der Waals surface area contributed by atoms with E-state index < -0.39 is 0 Å². The zero-order chi connectivity index (χ0) is 12.0. The molecular weight excluding hydrogens is 202 g/mol. The molecule has 0 radical (unpaired) electrons. The Morgan fingerprint density at radius 2 is 1.81 bits per heavy atom. The molecule has 0 unspecified atom stereocenters. The summed E-state index contributed by atoms with van der Waals surface area (Å²) in [7, 11) is 0. The molecule has 0 bridgehead atoms. The molecule has 2 N–H and O–H groups in total. The number of nitrogens with zero attached hydrogens (tertiary/aromatic N) is 2. The van der Waals surface area contributed by atoms with Crippen LogP contribution < -0.4 is 5.73 Å². The van der Waals surface area contributed by atoms with E-state index in [2.05, 4.69) is 10.2 Å². The molecule has 0 aliphatic carbocycles. The number of Topliss-reactive ketones (excluding diaryl/α,β-unsaturated/α-hetero) is 1. The molecule has 0 heterocycles. The lowest BCUT2D eigenvalue weighted by atomic mass is 10.2. The molecule has 0 amide bonds. The second kappa shape index (κ2) is 5.80. The third-order valence-corrected chi connectivity index (χ3v) is 1.90. The lowest BCUT2D eigenvalue weighted by Gasteiger charge is -1.97. The molecule has 16 heavy (non-hydrogen) atoms. The van der Waals surface area contributed by atoms with Gasteiger partial charge in [-0.3, -0.25) is 4.79 Å². The van der Waals surface area contributed by atoms with Gasteiger partial charge in [0.2, 0.25) is 0 Å². The maximum atomic E-state index is 10.8. The first-order chi connectivity index (χ1) is 7.59. The third kappa shape index (κ3) is 4.04. The third-order valence-electron chi connectivity index (χ3n) is 1.90. The fourth-order valence-corrected chi connectivity index (χ4v) is 1.20. The van der Waals surface area contributed by atoms with Gasteiger partial charge in [0.1, 0.15) is 5.78 Å². The van der Waals surface area contributed by atoms with Gasteiger partial charge in [0.25, 0.3) is 0 Å². The standard InChI is InChI=1S/C12H15N3O/c1-9(8-10(2)16)14-15-12(13)11-6-4-3-5-7-11/h3-7H,8H2,1-2H3,(H2,13,15)/b14-9-. The maximum Gasteiger partial charge on any atom is 0.153 e. The van der Waals surface area contributed by atoms with Gasteiger partial charge >= 0.3 is 0 Å². The minimum atomic E-state index is 0.0646. The minimum absolute atomic E-state index is 0.0646. The largest absolute Gasteiger partial charge is 0.382 e. The molecule has 1 aromatic rings. The summed E-state index contributed by atoms with van der Waals surface area (Å²) in [6.45, 7) is 3.27. The highest BCUT2D eigenvalue weighted by molar-refractivity contribution is 6.01. The number of carbonyl (C=O) groups is 1. The first-order valence-corrected chi connectivity index (χ1v) is 5.01. The summed E-state index contributed by atoms with van der Waals surface area (Å²) in [4.78, 5) is 10.8. The van der Waals surface area contributed by atoms with Crippen LogP contribution >= 0.6 is 0 Å². The summed E-state index contributed by atoms with van der Waals surface area (Å²) in [5.41, 5.74) is 7.21. The molecule has 0 saturated heterocycles. The van der Waals surface area contributed by atoms with Gasteiger partial charge in [0, 0.05) is 17.7 Å². The highest BCUT2D eigenvalue weighted by Crippen LogP contribution is 1.98. The van der Waals surface area contributed by atoms with Gasteiger partial charge in [-0.15, -0.1) is 5.10 Å². The van der Waals surface area contributed by atoms with Crippen molar-refractivity contribution in [2.45, 2.75) is 20.3 Å². The molecule has 4 nitrogen and oxygen atoms in total. The molecule has 0 atom stereocenters. The second-order valence-electron chi connectivity index (χ2n) is 3.57. The Bertz CT molecular complexity index is 421. The van der Waals surface area contributed by atoms with Crippen LogP contribution in [0.2, 0.25) is 0 Å². The predicted octanol–water partition coefficient (Wildman–Crippen LogP) is 1.75. The van der Waals surface area contributed by atoms with Crippen LogP contribution in [0, 0.1) is 0 Å². The lowest BCUT2D eigenvalue weighted by Crippen LogP contribution is -2.12. The first-order valence-electron chi connectivity index (χ1n) is 5.01. The van der Waals surface area contributed by atoms with Crippen molar-refractivity contribution < 1.29 is 4.79 Å². The van der Waals surface area contributed by atoms with Crippen LogP contribution in [-0.4, -0.2) is 17.3 Å². The monoisotopic (exact) mass is 217 g/mol. The molecular formula is C12H15N3O. The van der Waals surface area contributed by atoms with Crippen LogP contribution in [0.15, 0.2) is 40.5 Å². The quantitative estimate of drug-likeness (QED) is 0.474. The van der Waals surface area contributed by atoms with Gasteiger partial charge in [0.05, 0.1) is 0 Å². The Balaban J connectivity index is 2.75. The summed E-state index contributed by atoms with van der Waals surface area (Å²) in [5, 5.41) is 7.78. The maximum absolute atomic E-state index is 10.8. The highest BCUT2D eigenvalue weighted by Gasteiger charge is 1.98. The number of rotatable bonds is 4. The van der Waals surface area contributed by atoms with Gasteiger partial charge in [-0.2, -0.15) is 5.10 Å². The van der Waals surface area contributed by atoms with Crippen LogP contribution in [0.3, 0.4) is 0 Å². The summed E-state index contributed by atoms with van der Waals surface area (Å²) in [6.07, 6.45) is 0.311. The van der Waals surface area contributed by atoms with Crippen LogP contribution in [0.4, 0.5) is 0 Å². The van der Waals surface area contributed by atoms with E-state index in [1.807, 2.05) is 30.3 Å². The topological polar surface area (TPSA) is 67.8 Å². The van der Waals surface area contributed by atoms with Crippen molar-refractivity contribution >= 4 is 17.3 Å². The molecule has 0 spiro atoms. The average Bonchev–Trinajstić information content (AvgIpc) is 2.26. The number of nitrogens with two attached hydrogens (primary N) is 1. The van der Waals surface area contributed by atoms with Crippen LogP contribution in [0.1, 0.15) is 25.8 Å². The molecule has 1 rings (SSSR count). The molecule has 84 valence electrons. The highest BCUT2D eigenvalue weighted by atomic mass is 16.1. The average molecular weight is 217 g/mol. The Hall–Kier alpha value is -1.97. The smallest absolute Gasteiger partial charge is 0.153 e. The summed E-state index contributed by atoms with van der Waals surface area (Å²) in [5.74, 6) is 0.415. The number of hydrogen-bond acceptors (Lipinski definition) is 3. The van der Waals surface area contributed by atoms with Gasteiger partial charge in [-0.25, -0.2) is 0 Å². The van der Waals surface area contributed by atoms with Crippen molar-refractivity contribution in [3.63, 3.8) is 0 Å². The Labute approximate surface area is 94.9 Å². The van der Waals surface area contributed by atoms with Gasteiger partial charge < -0.3 is 5.73 Å². The summed E-state index contributed by atoms with van der Waals surface area (Å²) >= 11 is 0. The Morgan fingerprint density at radius 1 is 1.19 bits per heavy atom. The summed E-state index contributed by atoms with van der Waals surface area (Å²) in [6, 6.07) is 9.37. The van der Waals surface area contributed by atoms with Crippen LogP contribution in [0.5, 0.6) is 0 Å². The lowest BCUT2D eigenvalue weighted by molar-refractivity contribution is -0.115. The fraction of sp³-hybridized carbons (Fsp3) is 0.250. The Kier molecular flexibility index (Phi) is 4.39. The number of hydrogen-bond donors (Lipinski definition) is 1. The van der Waals surface area contributed by atoms with Crippen molar-refractivity contribution in [3.8, 4) is 0 Å². The number of ketones is 1.